The van der Waals surface area contributed by atoms with Crippen LogP contribution in [-0.4, -0.2) is 29.4 Å². The van der Waals surface area contributed by atoms with Gasteiger partial charge < -0.3 is 14.4 Å². The highest BCUT2D eigenvalue weighted by molar-refractivity contribution is 5.88. The lowest BCUT2D eigenvalue weighted by Gasteiger charge is -2.16. The molecule has 0 aromatic carbocycles. The normalized spacial score (nSPS) is 16.9. The van der Waals surface area contributed by atoms with Gasteiger partial charge in [-0.1, -0.05) is 0 Å². The smallest absolute Gasteiger partial charge is 0.339 e. The van der Waals surface area contributed by atoms with E-state index in [1.54, 1.807) is 0 Å². The summed E-state index contributed by atoms with van der Waals surface area (Å²) in [6, 6.07) is 2.75. The quantitative estimate of drug-likeness (QED) is 0.739. The maximum Gasteiger partial charge on any atom is 0.339 e. The van der Waals surface area contributed by atoms with Crippen LogP contribution < -0.4 is 5.56 Å². The predicted octanol–water partition coefficient (Wildman–Crippen LogP) is 0.116. The molecule has 1 aliphatic rings. The number of aliphatic hydroxyl groups is 1. The average molecular weight is 223 g/mol. The number of methoxy groups -OCH3 is 1. The second-order valence-electron chi connectivity index (χ2n) is 4.00. The van der Waals surface area contributed by atoms with Gasteiger partial charge in [-0.15, -0.1) is 0 Å². The zero-order valence-electron chi connectivity index (χ0n) is 8.97. The average Bonchev–Trinajstić information content (AvgIpc) is 3.09. The summed E-state index contributed by atoms with van der Waals surface area (Å²) in [5.74, 6) is -0.484. The molecule has 16 heavy (non-hydrogen) atoms. The van der Waals surface area contributed by atoms with Crippen molar-refractivity contribution >= 4 is 5.97 Å². The van der Waals surface area contributed by atoms with Crippen molar-refractivity contribution in [3.63, 3.8) is 0 Å². The molecular formula is C11H13NO4. The predicted molar refractivity (Wildman–Crippen MR) is 56.3 cm³/mol. The van der Waals surface area contributed by atoms with Crippen molar-refractivity contribution in [2.24, 2.45) is 0 Å². The van der Waals surface area contributed by atoms with Gasteiger partial charge in [0.15, 0.2) is 0 Å². The molecule has 1 N–H and O–H groups in total. The Morgan fingerprint density at radius 3 is 2.75 bits per heavy atom. The summed E-state index contributed by atoms with van der Waals surface area (Å²) in [5.41, 5.74) is -0.387. The number of aliphatic hydroxyl groups excluding tert-OH is 1. The number of rotatable bonds is 3. The van der Waals surface area contributed by atoms with Gasteiger partial charge >= 0.3 is 5.97 Å². The Hall–Kier alpha value is -1.62. The van der Waals surface area contributed by atoms with Crippen LogP contribution in [0.3, 0.4) is 0 Å². The number of aromatic nitrogens is 1. The Kier molecular flexibility index (Phi) is 2.55. The van der Waals surface area contributed by atoms with Crippen LogP contribution in [0.4, 0.5) is 0 Å². The molecule has 86 valence electrons. The SMILES string of the molecule is COC(=O)c1ccc(=O)n(C2(CO)CC2)c1. The van der Waals surface area contributed by atoms with Crippen LogP contribution in [0.2, 0.25) is 0 Å². The Balaban J connectivity index is 2.45. The maximum atomic E-state index is 11.6. The number of ether oxygens (including phenoxy) is 1. The molecule has 0 atom stereocenters. The standard InChI is InChI=1S/C11H13NO4/c1-16-10(15)8-2-3-9(14)12(6-8)11(7-13)4-5-11/h2-3,6,13H,4-5,7H2,1H3. The molecule has 0 bridgehead atoms. The maximum absolute atomic E-state index is 11.6. The number of esters is 1. The highest BCUT2D eigenvalue weighted by atomic mass is 16.5. The van der Waals surface area contributed by atoms with E-state index < -0.39 is 11.5 Å². The van der Waals surface area contributed by atoms with Crippen LogP contribution in [0.1, 0.15) is 23.2 Å². The van der Waals surface area contributed by atoms with Gasteiger partial charge in [0.2, 0.25) is 0 Å². The zero-order valence-corrected chi connectivity index (χ0v) is 8.97. The molecule has 1 saturated carbocycles. The second-order valence-corrected chi connectivity index (χ2v) is 4.00. The molecule has 1 aliphatic carbocycles. The summed E-state index contributed by atoms with van der Waals surface area (Å²) in [5, 5.41) is 9.25. The van der Waals surface area contributed by atoms with E-state index in [0.717, 1.165) is 12.8 Å². The number of hydrogen-bond acceptors (Lipinski definition) is 4. The van der Waals surface area contributed by atoms with Gasteiger partial charge in [-0.2, -0.15) is 0 Å². The number of carbonyl (C=O) groups is 1. The van der Waals surface area contributed by atoms with E-state index in [1.807, 2.05) is 0 Å². The van der Waals surface area contributed by atoms with Crippen molar-refractivity contribution in [3.05, 3.63) is 34.2 Å². The largest absolute Gasteiger partial charge is 0.465 e. The number of hydrogen-bond donors (Lipinski definition) is 1. The first-order valence-electron chi connectivity index (χ1n) is 5.05. The van der Waals surface area contributed by atoms with Gasteiger partial charge in [0.05, 0.1) is 24.8 Å². The highest BCUT2D eigenvalue weighted by Crippen LogP contribution is 2.41. The van der Waals surface area contributed by atoms with Crippen LogP contribution in [0, 0.1) is 0 Å². The molecule has 1 fully saturated rings. The van der Waals surface area contributed by atoms with Crippen molar-refractivity contribution < 1.29 is 14.6 Å². The van der Waals surface area contributed by atoms with E-state index in [4.69, 9.17) is 0 Å². The molecular weight excluding hydrogens is 210 g/mol. The lowest BCUT2D eigenvalue weighted by molar-refractivity contribution is 0.0599. The lowest BCUT2D eigenvalue weighted by Crippen LogP contribution is -2.32. The van der Waals surface area contributed by atoms with Crippen LogP contribution in [-0.2, 0) is 10.3 Å². The molecule has 0 unspecified atom stereocenters. The molecule has 5 heteroatoms. The van der Waals surface area contributed by atoms with Crippen molar-refractivity contribution in [3.8, 4) is 0 Å². The highest BCUT2D eigenvalue weighted by Gasteiger charge is 2.44. The fourth-order valence-electron chi connectivity index (χ4n) is 1.72. The van der Waals surface area contributed by atoms with Gasteiger partial charge in [0.25, 0.3) is 5.56 Å². The van der Waals surface area contributed by atoms with Crippen LogP contribution in [0.15, 0.2) is 23.1 Å². The summed E-state index contributed by atoms with van der Waals surface area (Å²) in [6.45, 7) is -0.0858. The van der Waals surface area contributed by atoms with Crippen molar-refractivity contribution in [1.82, 2.24) is 4.57 Å². The van der Waals surface area contributed by atoms with E-state index in [-0.39, 0.29) is 12.2 Å². The van der Waals surface area contributed by atoms with Crippen LogP contribution >= 0.6 is 0 Å². The van der Waals surface area contributed by atoms with Crippen molar-refractivity contribution in [1.29, 1.82) is 0 Å². The molecule has 0 radical (unpaired) electrons. The lowest BCUT2D eigenvalue weighted by atomic mass is 10.2. The molecule has 1 aromatic rings. The Morgan fingerprint density at radius 1 is 1.56 bits per heavy atom. The first kappa shape index (κ1) is 10.9. The number of nitrogens with zero attached hydrogens (tertiary/aromatic N) is 1. The first-order valence-corrected chi connectivity index (χ1v) is 5.05. The Bertz CT molecular complexity index is 473. The summed E-state index contributed by atoms with van der Waals surface area (Å²) in [4.78, 5) is 22.9. The molecule has 1 aromatic heterocycles. The van der Waals surface area contributed by atoms with Crippen LogP contribution in [0.5, 0.6) is 0 Å². The summed E-state index contributed by atoms with van der Waals surface area (Å²) >= 11 is 0. The second kappa shape index (κ2) is 3.75. The Labute approximate surface area is 92.3 Å². The van der Waals surface area contributed by atoms with Crippen LogP contribution in [0.25, 0.3) is 0 Å². The fourth-order valence-corrected chi connectivity index (χ4v) is 1.72. The third-order valence-electron chi connectivity index (χ3n) is 2.96. The van der Waals surface area contributed by atoms with Crippen molar-refractivity contribution in [2.45, 2.75) is 18.4 Å². The van der Waals surface area contributed by atoms with Gasteiger partial charge in [0.1, 0.15) is 0 Å². The molecule has 0 saturated heterocycles. The molecule has 1 heterocycles. The zero-order chi connectivity index (χ0) is 11.8. The first-order chi connectivity index (χ1) is 7.63. The summed E-state index contributed by atoms with van der Waals surface area (Å²) < 4.78 is 6.01. The van der Waals surface area contributed by atoms with E-state index in [1.165, 1.54) is 30.0 Å². The molecule has 5 nitrogen and oxygen atoms in total. The monoisotopic (exact) mass is 223 g/mol. The summed E-state index contributed by atoms with van der Waals surface area (Å²) in [6.07, 6.45) is 2.97. The number of carbonyl (C=O) groups excluding carboxylic acids is 1. The van der Waals surface area contributed by atoms with E-state index in [2.05, 4.69) is 4.74 Å². The minimum Gasteiger partial charge on any atom is -0.465 e. The molecule has 0 aliphatic heterocycles. The van der Waals surface area contributed by atoms with E-state index in [9.17, 15) is 14.7 Å². The van der Waals surface area contributed by atoms with Gasteiger partial charge in [0, 0.05) is 12.3 Å². The van der Waals surface area contributed by atoms with Gasteiger partial charge in [-0.3, -0.25) is 4.79 Å². The minimum atomic E-state index is -0.499. The molecule has 0 spiro atoms. The summed E-state index contributed by atoms with van der Waals surface area (Å²) in [7, 11) is 1.29. The fraction of sp³-hybridized carbons (Fsp3) is 0.455. The minimum absolute atomic E-state index is 0.0858. The van der Waals surface area contributed by atoms with E-state index >= 15 is 0 Å². The van der Waals surface area contributed by atoms with E-state index in [0.29, 0.717) is 5.56 Å². The van der Waals surface area contributed by atoms with Gasteiger partial charge in [-0.05, 0) is 18.9 Å². The third-order valence-corrected chi connectivity index (χ3v) is 2.96. The Morgan fingerprint density at radius 2 is 2.25 bits per heavy atom. The topological polar surface area (TPSA) is 68.5 Å². The third kappa shape index (κ3) is 1.63. The molecule has 2 rings (SSSR count). The molecule has 0 amide bonds. The number of pyridine rings is 1. The van der Waals surface area contributed by atoms with Crippen molar-refractivity contribution in [2.75, 3.05) is 13.7 Å². The van der Waals surface area contributed by atoms with Gasteiger partial charge in [-0.25, -0.2) is 4.79 Å².